The fourth-order valence-electron chi connectivity index (χ4n) is 9.31. The summed E-state index contributed by atoms with van der Waals surface area (Å²) in [5.74, 6) is -1.94. The molecule has 4 aliphatic carbocycles. The molecule has 10 atom stereocenters. The average molecular weight is 497 g/mol. The highest BCUT2D eigenvalue weighted by molar-refractivity contribution is 7.99. The second-order valence-corrected chi connectivity index (χ2v) is 13.8. The third-order valence-corrected chi connectivity index (χ3v) is 11.9. The van der Waals surface area contributed by atoms with Crippen LogP contribution >= 0.6 is 11.8 Å². The van der Waals surface area contributed by atoms with Crippen LogP contribution in [-0.2, 0) is 9.53 Å². The lowest BCUT2D eigenvalue weighted by Crippen LogP contribution is -2.85. The molecular weight excluding hydrogens is 452 g/mol. The Morgan fingerprint density at radius 3 is 2.50 bits per heavy atom. The number of rotatable bonds is 8. The lowest BCUT2D eigenvalue weighted by Gasteiger charge is -2.74. The van der Waals surface area contributed by atoms with Gasteiger partial charge < -0.3 is 25.2 Å². The maximum Gasteiger partial charge on any atom is 0.208 e. The Hall–Kier alpha value is -0.180. The first-order valence-corrected chi connectivity index (χ1v) is 14.8. The third kappa shape index (κ3) is 3.03. The van der Waals surface area contributed by atoms with Crippen LogP contribution in [0.1, 0.15) is 78.6 Å². The van der Waals surface area contributed by atoms with Gasteiger partial charge in [-0.2, -0.15) is 11.8 Å². The summed E-state index contributed by atoms with van der Waals surface area (Å²) in [6, 6.07) is 0. The second kappa shape index (κ2) is 8.70. The van der Waals surface area contributed by atoms with Gasteiger partial charge in [-0.05, 0) is 55.1 Å². The highest BCUT2D eigenvalue weighted by Crippen LogP contribution is 2.76. The Balaban J connectivity index is 1.45. The average Bonchev–Trinajstić information content (AvgIpc) is 2.90. The van der Waals surface area contributed by atoms with E-state index in [-0.39, 0.29) is 41.5 Å². The standard InChI is InChI=1S/C27H44O6S/c1-4-5-6-7-8-13-34-14-17-16-9-10-18-25-15-33-27(32,26(18,21(16)29)22(17)30)23(31)20(25)24(2,3)12-11-19(25)28/h16-21,23,28-29,31-32H,4-15H2,1-3H3/t16-,17+,18+,19-,20+,21+,23+,25+,26-,27+/m0/s1. The van der Waals surface area contributed by atoms with Crippen LogP contribution in [0.3, 0.4) is 0 Å². The predicted molar refractivity (Wildman–Crippen MR) is 131 cm³/mol. The number of fused-ring (bicyclic) bond motifs is 2. The first-order chi connectivity index (χ1) is 16.1. The van der Waals surface area contributed by atoms with Crippen molar-refractivity contribution in [2.45, 2.75) is 103 Å². The SMILES string of the molecule is CCCCCCCSC[C@H]1C(=O)[C@@]23[C@H](O)[C@H]1CC[C@@H]2[C@@]12CO[C@]3(O)[C@H](O)[C@@H]1C(C)(C)CC[C@@H]2O. The first kappa shape index (κ1) is 25.5. The molecule has 0 aromatic heterocycles. The van der Waals surface area contributed by atoms with Crippen molar-refractivity contribution in [3.8, 4) is 0 Å². The maximum absolute atomic E-state index is 14.2. The minimum Gasteiger partial charge on any atom is -0.392 e. The van der Waals surface area contributed by atoms with E-state index in [9.17, 15) is 25.2 Å². The molecule has 0 amide bonds. The molecule has 0 aromatic carbocycles. The van der Waals surface area contributed by atoms with Gasteiger partial charge in [-0.1, -0.05) is 46.5 Å². The molecule has 4 bridgehead atoms. The van der Waals surface area contributed by atoms with Gasteiger partial charge in [0.1, 0.15) is 11.5 Å². The van der Waals surface area contributed by atoms with E-state index in [0.29, 0.717) is 18.6 Å². The molecule has 0 unspecified atom stereocenters. The fraction of sp³-hybridized carbons (Fsp3) is 0.963. The number of hydrogen-bond acceptors (Lipinski definition) is 7. The number of aliphatic hydroxyl groups excluding tert-OH is 3. The monoisotopic (exact) mass is 496 g/mol. The molecule has 4 N–H and O–H groups in total. The normalized spacial score (nSPS) is 50.8. The van der Waals surface area contributed by atoms with E-state index in [0.717, 1.165) is 25.0 Å². The molecule has 2 aliphatic heterocycles. The van der Waals surface area contributed by atoms with Gasteiger partial charge in [-0.3, -0.25) is 4.79 Å². The molecule has 6 aliphatic rings. The zero-order valence-electron chi connectivity index (χ0n) is 21.0. The van der Waals surface area contributed by atoms with Crippen LogP contribution in [0.25, 0.3) is 0 Å². The van der Waals surface area contributed by atoms with Gasteiger partial charge in [-0.25, -0.2) is 0 Å². The first-order valence-electron chi connectivity index (χ1n) is 13.6. The number of aliphatic hydroxyl groups is 4. The molecule has 0 aromatic rings. The summed E-state index contributed by atoms with van der Waals surface area (Å²) >= 11 is 1.77. The molecule has 34 heavy (non-hydrogen) atoms. The Kier molecular flexibility index (Phi) is 6.51. The zero-order valence-corrected chi connectivity index (χ0v) is 21.9. The summed E-state index contributed by atoms with van der Waals surface area (Å²) in [6.07, 6.45) is 5.68. The Bertz CT molecular complexity index is 804. The molecule has 2 heterocycles. The predicted octanol–water partition coefficient (Wildman–Crippen LogP) is 3.14. The van der Waals surface area contributed by atoms with Crippen LogP contribution in [0.5, 0.6) is 0 Å². The number of unbranched alkanes of at least 4 members (excludes halogenated alkanes) is 4. The topological polar surface area (TPSA) is 107 Å². The van der Waals surface area contributed by atoms with Crippen molar-refractivity contribution in [2.75, 3.05) is 18.1 Å². The minimum absolute atomic E-state index is 0.129. The van der Waals surface area contributed by atoms with Gasteiger partial charge in [0.25, 0.3) is 0 Å². The van der Waals surface area contributed by atoms with Crippen molar-refractivity contribution in [1.29, 1.82) is 0 Å². The van der Waals surface area contributed by atoms with Gasteiger partial charge in [0, 0.05) is 23.0 Å². The van der Waals surface area contributed by atoms with Crippen molar-refractivity contribution in [2.24, 2.45) is 39.9 Å². The lowest BCUT2D eigenvalue weighted by atomic mass is 9.35. The maximum atomic E-state index is 14.2. The van der Waals surface area contributed by atoms with Crippen molar-refractivity contribution in [1.82, 2.24) is 0 Å². The van der Waals surface area contributed by atoms with Crippen LogP contribution in [0, 0.1) is 39.9 Å². The number of carbonyl (C=O) groups is 1. The van der Waals surface area contributed by atoms with Gasteiger partial charge >= 0.3 is 0 Å². The highest BCUT2D eigenvalue weighted by Gasteiger charge is 2.87. The zero-order chi connectivity index (χ0) is 24.5. The number of Topliss-reactive ketones (excluding diaryl/α,β-unsaturated/α-hetero) is 1. The van der Waals surface area contributed by atoms with Crippen molar-refractivity contribution in [3.63, 3.8) is 0 Å². The smallest absolute Gasteiger partial charge is 0.208 e. The van der Waals surface area contributed by atoms with Crippen LogP contribution < -0.4 is 0 Å². The molecule has 2 saturated heterocycles. The number of ether oxygens (including phenoxy) is 1. The Morgan fingerprint density at radius 1 is 1.03 bits per heavy atom. The summed E-state index contributed by atoms with van der Waals surface area (Å²) in [7, 11) is 0. The van der Waals surface area contributed by atoms with Gasteiger partial charge in [-0.15, -0.1) is 0 Å². The van der Waals surface area contributed by atoms with Gasteiger partial charge in [0.05, 0.1) is 18.8 Å². The van der Waals surface area contributed by atoms with E-state index >= 15 is 0 Å². The van der Waals surface area contributed by atoms with E-state index in [1.807, 2.05) is 0 Å². The van der Waals surface area contributed by atoms with Crippen LogP contribution in [0.4, 0.5) is 0 Å². The van der Waals surface area contributed by atoms with E-state index < -0.39 is 34.9 Å². The van der Waals surface area contributed by atoms with E-state index in [1.165, 1.54) is 25.7 Å². The Labute approximate surface area is 208 Å². The van der Waals surface area contributed by atoms with Crippen molar-refractivity contribution >= 4 is 17.5 Å². The van der Waals surface area contributed by atoms with E-state index in [1.54, 1.807) is 11.8 Å². The molecule has 0 radical (unpaired) electrons. The summed E-state index contributed by atoms with van der Waals surface area (Å²) < 4.78 is 6.02. The summed E-state index contributed by atoms with van der Waals surface area (Å²) in [5, 5.41) is 46.7. The fourth-order valence-corrected chi connectivity index (χ4v) is 10.5. The molecule has 6 nitrogen and oxygen atoms in total. The number of carbonyl (C=O) groups excluding carboxylic acids is 1. The molecular formula is C27H44O6S. The lowest BCUT2D eigenvalue weighted by molar-refractivity contribution is -0.458. The third-order valence-electron chi connectivity index (χ3n) is 10.8. The van der Waals surface area contributed by atoms with Crippen LogP contribution in [0.15, 0.2) is 0 Å². The minimum atomic E-state index is -2.10. The van der Waals surface area contributed by atoms with E-state index in [2.05, 4.69) is 20.8 Å². The highest BCUT2D eigenvalue weighted by atomic mass is 32.2. The number of ketones is 1. The summed E-state index contributed by atoms with van der Waals surface area (Å²) in [6.45, 7) is 6.51. The second-order valence-electron chi connectivity index (χ2n) is 12.6. The van der Waals surface area contributed by atoms with Gasteiger partial charge in [0.15, 0.2) is 5.78 Å². The van der Waals surface area contributed by atoms with Crippen LogP contribution in [-0.4, -0.2) is 68.4 Å². The Morgan fingerprint density at radius 2 is 1.76 bits per heavy atom. The largest absolute Gasteiger partial charge is 0.392 e. The quantitative estimate of drug-likeness (QED) is 0.383. The summed E-state index contributed by atoms with van der Waals surface area (Å²) in [5.41, 5.74) is -2.69. The van der Waals surface area contributed by atoms with Crippen molar-refractivity contribution < 1.29 is 30.0 Å². The van der Waals surface area contributed by atoms with Gasteiger partial charge in [0.2, 0.25) is 5.79 Å². The van der Waals surface area contributed by atoms with Crippen molar-refractivity contribution in [3.05, 3.63) is 0 Å². The molecule has 6 rings (SSSR count). The van der Waals surface area contributed by atoms with Crippen LogP contribution in [0.2, 0.25) is 0 Å². The number of thioether (sulfide) groups is 1. The molecule has 7 heteroatoms. The molecule has 4 saturated carbocycles. The molecule has 2 spiro atoms. The van der Waals surface area contributed by atoms with E-state index in [4.69, 9.17) is 4.74 Å². The number of hydrogen-bond donors (Lipinski definition) is 4. The molecule has 194 valence electrons. The summed E-state index contributed by atoms with van der Waals surface area (Å²) in [4.78, 5) is 14.2. The molecule has 6 fully saturated rings.